The Morgan fingerprint density at radius 1 is 1.29 bits per heavy atom. The second-order valence-electron chi connectivity index (χ2n) is 4.41. The Morgan fingerprint density at radius 2 is 1.88 bits per heavy atom. The number of nitrogens with two attached hydrogens (primary N) is 1. The fraction of sp³-hybridized carbons (Fsp3) is 0.818. The largest absolute Gasteiger partial charge is 0.461 e. The van der Waals surface area contributed by atoms with Crippen molar-refractivity contribution >= 4 is 11.9 Å². The lowest BCUT2D eigenvalue weighted by atomic mass is 10.0. The van der Waals surface area contributed by atoms with Gasteiger partial charge in [-0.05, 0) is 13.8 Å². The lowest BCUT2D eigenvalue weighted by Crippen LogP contribution is -2.38. The minimum atomic E-state index is -0.494. The summed E-state index contributed by atoms with van der Waals surface area (Å²) in [5.74, 6) is -0.858. The molecule has 2 unspecified atom stereocenters. The second-order valence-corrected chi connectivity index (χ2v) is 4.41. The van der Waals surface area contributed by atoms with Crippen LogP contribution in [0.15, 0.2) is 0 Å². The van der Waals surface area contributed by atoms with Crippen molar-refractivity contribution < 1.29 is 19.1 Å². The highest BCUT2D eigenvalue weighted by molar-refractivity contribution is 5.77. The summed E-state index contributed by atoms with van der Waals surface area (Å²) in [5, 5.41) is 2.62. The molecule has 1 aliphatic rings. The van der Waals surface area contributed by atoms with E-state index in [4.69, 9.17) is 15.2 Å². The molecular weight excluding hydrogens is 224 g/mol. The average molecular weight is 244 g/mol. The third-order valence-electron chi connectivity index (χ3n) is 2.52. The maximum atomic E-state index is 11.4. The number of hydrogen-bond acceptors (Lipinski definition) is 5. The SMILES string of the molecule is CC1CC(OC(=O)CNCC(N)=O)CC(C)O1. The summed E-state index contributed by atoms with van der Waals surface area (Å²) in [6.45, 7) is 3.91. The van der Waals surface area contributed by atoms with Gasteiger partial charge >= 0.3 is 5.97 Å². The van der Waals surface area contributed by atoms with Crippen molar-refractivity contribution in [3.05, 3.63) is 0 Å². The molecule has 1 heterocycles. The lowest BCUT2D eigenvalue weighted by Gasteiger charge is -2.31. The quantitative estimate of drug-likeness (QED) is 0.640. The molecule has 1 rings (SSSR count). The normalized spacial score (nSPS) is 28.7. The third kappa shape index (κ3) is 5.65. The van der Waals surface area contributed by atoms with Crippen molar-refractivity contribution in [2.24, 2.45) is 5.73 Å². The van der Waals surface area contributed by atoms with Gasteiger partial charge in [0.05, 0.1) is 25.3 Å². The summed E-state index contributed by atoms with van der Waals surface area (Å²) in [7, 11) is 0. The number of carbonyl (C=O) groups is 2. The number of carbonyl (C=O) groups excluding carboxylic acids is 2. The van der Waals surface area contributed by atoms with Crippen molar-refractivity contribution in [1.82, 2.24) is 5.32 Å². The van der Waals surface area contributed by atoms with Crippen LogP contribution < -0.4 is 11.1 Å². The van der Waals surface area contributed by atoms with Crippen LogP contribution in [0, 0.1) is 0 Å². The first-order valence-electron chi connectivity index (χ1n) is 5.81. The van der Waals surface area contributed by atoms with E-state index < -0.39 is 5.91 Å². The zero-order valence-corrected chi connectivity index (χ0v) is 10.3. The van der Waals surface area contributed by atoms with Gasteiger partial charge in [-0.3, -0.25) is 14.9 Å². The standard InChI is InChI=1S/C11H20N2O4/c1-7-3-9(4-8(2)16-7)17-11(15)6-13-5-10(12)14/h7-9,13H,3-6H2,1-2H3,(H2,12,14). The molecule has 0 radical (unpaired) electrons. The molecule has 0 spiro atoms. The van der Waals surface area contributed by atoms with Gasteiger partial charge in [0, 0.05) is 12.8 Å². The molecule has 0 aromatic carbocycles. The Morgan fingerprint density at radius 3 is 2.41 bits per heavy atom. The van der Waals surface area contributed by atoms with E-state index in [1.54, 1.807) is 0 Å². The van der Waals surface area contributed by atoms with Crippen LogP contribution >= 0.6 is 0 Å². The van der Waals surface area contributed by atoms with E-state index in [1.165, 1.54) is 0 Å². The van der Waals surface area contributed by atoms with Gasteiger partial charge in [-0.15, -0.1) is 0 Å². The van der Waals surface area contributed by atoms with E-state index in [2.05, 4.69) is 5.32 Å². The minimum Gasteiger partial charge on any atom is -0.461 e. The smallest absolute Gasteiger partial charge is 0.320 e. The van der Waals surface area contributed by atoms with E-state index in [0.29, 0.717) is 12.8 Å². The van der Waals surface area contributed by atoms with Gasteiger partial charge in [0.2, 0.25) is 5.91 Å². The summed E-state index contributed by atoms with van der Waals surface area (Å²) < 4.78 is 10.8. The topological polar surface area (TPSA) is 90.6 Å². The number of nitrogens with one attached hydrogen (secondary N) is 1. The number of amides is 1. The van der Waals surface area contributed by atoms with Crippen molar-refractivity contribution in [1.29, 1.82) is 0 Å². The maximum absolute atomic E-state index is 11.4. The number of hydrogen-bond donors (Lipinski definition) is 2. The third-order valence-corrected chi connectivity index (χ3v) is 2.52. The fourth-order valence-corrected chi connectivity index (χ4v) is 1.96. The van der Waals surface area contributed by atoms with Crippen molar-refractivity contribution in [2.45, 2.75) is 45.0 Å². The molecule has 1 amide bonds. The Balaban J connectivity index is 2.23. The molecule has 0 aliphatic carbocycles. The summed E-state index contributed by atoms with van der Waals surface area (Å²) in [6.07, 6.45) is 1.54. The van der Waals surface area contributed by atoms with Crippen LogP contribution in [0.4, 0.5) is 0 Å². The summed E-state index contributed by atoms with van der Waals surface area (Å²) in [5.41, 5.74) is 4.93. The van der Waals surface area contributed by atoms with E-state index in [9.17, 15) is 9.59 Å². The zero-order chi connectivity index (χ0) is 12.8. The number of primary amides is 1. The van der Waals surface area contributed by atoms with Gasteiger partial charge in [0.1, 0.15) is 6.10 Å². The molecule has 0 aromatic rings. The first kappa shape index (κ1) is 13.9. The Bertz CT molecular complexity index is 273. The Hall–Kier alpha value is -1.14. The van der Waals surface area contributed by atoms with Crippen molar-refractivity contribution in [2.75, 3.05) is 13.1 Å². The Labute approximate surface area is 101 Å². The molecule has 0 aromatic heterocycles. The fourth-order valence-electron chi connectivity index (χ4n) is 1.96. The first-order chi connectivity index (χ1) is 7.97. The van der Waals surface area contributed by atoms with Crippen molar-refractivity contribution in [3.63, 3.8) is 0 Å². The first-order valence-corrected chi connectivity index (χ1v) is 5.81. The summed E-state index contributed by atoms with van der Waals surface area (Å²) in [6, 6.07) is 0. The minimum absolute atomic E-state index is 0.00303. The van der Waals surface area contributed by atoms with E-state index in [0.717, 1.165) is 0 Å². The van der Waals surface area contributed by atoms with Gasteiger partial charge in [-0.25, -0.2) is 0 Å². The van der Waals surface area contributed by atoms with E-state index in [-0.39, 0.29) is 37.4 Å². The van der Waals surface area contributed by atoms with Gasteiger partial charge in [0.25, 0.3) is 0 Å². The molecule has 98 valence electrons. The van der Waals surface area contributed by atoms with Gasteiger partial charge in [-0.2, -0.15) is 0 Å². The second kappa shape index (κ2) is 6.56. The molecule has 6 nitrogen and oxygen atoms in total. The predicted octanol–water partition coefficient (Wildman–Crippen LogP) is -0.439. The van der Waals surface area contributed by atoms with Crippen molar-refractivity contribution in [3.8, 4) is 0 Å². The summed E-state index contributed by atoms with van der Waals surface area (Å²) >= 11 is 0. The molecule has 1 fully saturated rings. The molecule has 17 heavy (non-hydrogen) atoms. The average Bonchev–Trinajstić information content (AvgIpc) is 2.14. The lowest BCUT2D eigenvalue weighted by molar-refractivity contribution is -0.158. The number of ether oxygens (including phenoxy) is 2. The van der Waals surface area contributed by atoms with Gasteiger partial charge in [-0.1, -0.05) is 0 Å². The van der Waals surface area contributed by atoms with Crippen LogP contribution in [0.3, 0.4) is 0 Å². The predicted molar refractivity (Wildman–Crippen MR) is 61.2 cm³/mol. The van der Waals surface area contributed by atoms with Crippen LogP contribution in [0.1, 0.15) is 26.7 Å². The molecular formula is C11H20N2O4. The van der Waals surface area contributed by atoms with Crippen LogP contribution in [0.25, 0.3) is 0 Å². The highest BCUT2D eigenvalue weighted by atomic mass is 16.6. The monoisotopic (exact) mass is 244 g/mol. The van der Waals surface area contributed by atoms with Crippen LogP contribution in [-0.4, -0.2) is 43.3 Å². The van der Waals surface area contributed by atoms with E-state index >= 15 is 0 Å². The van der Waals surface area contributed by atoms with Gasteiger partial charge < -0.3 is 15.2 Å². The molecule has 6 heteroatoms. The molecule has 0 bridgehead atoms. The molecule has 1 saturated heterocycles. The van der Waals surface area contributed by atoms with Crippen LogP contribution in [0.2, 0.25) is 0 Å². The highest BCUT2D eigenvalue weighted by Gasteiger charge is 2.26. The molecule has 2 atom stereocenters. The summed E-state index contributed by atoms with van der Waals surface area (Å²) in [4.78, 5) is 21.9. The van der Waals surface area contributed by atoms with Gasteiger partial charge in [0.15, 0.2) is 0 Å². The zero-order valence-electron chi connectivity index (χ0n) is 10.3. The highest BCUT2D eigenvalue weighted by Crippen LogP contribution is 2.21. The number of rotatable bonds is 5. The van der Waals surface area contributed by atoms with E-state index in [1.807, 2.05) is 13.8 Å². The maximum Gasteiger partial charge on any atom is 0.320 e. The van der Waals surface area contributed by atoms with Crippen LogP contribution in [-0.2, 0) is 19.1 Å². The molecule has 3 N–H and O–H groups in total. The molecule has 1 aliphatic heterocycles. The van der Waals surface area contributed by atoms with Crippen LogP contribution in [0.5, 0.6) is 0 Å². The number of esters is 1. The molecule has 0 saturated carbocycles. The Kier molecular flexibility index (Phi) is 5.37.